The molecule has 0 saturated heterocycles. The number of carbonyl (C=O) groups excluding carboxylic acids is 1. The Hall–Kier alpha value is -2.84. The Kier molecular flexibility index (Phi) is 6.33. The van der Waals surface area contributed by atoms with Crippen LogP contribution in [0.25, 0.3) is 0 Å². The highest BCUT2D eigenvalue weighted by Gasteiger charge is 2.13. The molecule has 0 aliphatic heterocycles. The third-order valence-corrected chi connectivity index (χ3v) is 5.08. The van der Waals surface area contributed by atoms with Crippen molar-refractivity contribution in [3.63, 3.8) is 0 Å². The maximum absolute atomic E-state index is 12.4. The third kappa shape index (κ3) is 5.11. The molecule has 0 aliphatic rings. The van der Waals surface area contributed by atoms with E-state index >= 15 is 0 Å². The quantitative estimate of drug-likeness (QED) is 0.474. The third-order valence-electron chi connectivity index (χ3n) is 3.88. The fraction of sp³-hybridized carbons (Fsp3) is 0.158. The van der Waals surface area contributed by atoms with Crippen molar-refractivity contribution in [2.75, 3.05) is 16.9 Å². The Balaban J connectivity index is 1.63. The van der Waals surface area contributed by atoms with Crippen LogP contribution in [0.4, 0.5) is 5.69 Å². The fourth-order valence-electron chi connectivity index (χ4n) is 2.39. The largest absolute Gasteiger partial charge is 0.334 e. The van der Waals surface area contributed by atoms with E-state index in [4.69, 9.17) is 17.4 Å². The number of nitrogens with two attached hydrogens (primary N) is 1. The van der Waals surface area contributed by atoms with Crippen molar-refractivity contribution >= 4 is 35.0 Å². The summed E-state index contributed by atoms with van der Waals surface area (Å²) in [4.78, 5) is 24.5. The molecule has 3 aromatic rings. The van der Waals surface area contributed by atoms with E-state index in [0.717, 1.165) is 27.6 Å². The van der Waals surface area contributed by atoms with Crippen LogP contribution in [0.2, 0.25) is 5.02 Å². The standard InChI is InChI=1S/C19H18ClN5O2S/c1-12-2-8-15(9-3-12)22-17(26)11-28-19-24-23-16(18(27)25(19)21)10-13-4-6-14(20)7-5-13/h2-9H,10-11,21H2,1H3,(H,22,26). The first kappa shape index (κ1) is 19.9. The fourth-order valence-corrected chi connectivity index (χ4v) is 3.17. The van der Waals surface area contributed by atoms with Crippen molar-refractivity contribution < 1.29 is 4.79 Å². The smallest absolute Gasteiger partial charge is 0.294 e. The van der Waals surface area contributed by atoms with Crippen molar-refractivity contribution in [2.45, 2.75) is 18.5 Å². The number of benzene rings is 2. The van der Waals surface area contributed by atoms with Crippen LogP contribution in [0, 0.1) is 6.92 Å². The van der Waals surface area contributed by atoms with E-state index in [0.29, 0.717) is 17.1 Å². The average Bonchev–Trinajstić information content (AvgIpc) is 2.68. The average molecular weight is 416 g/mol. The second kappa shape index (κ2) is 8.90. The summed E-state index contributed by atoms with van der Waals surface area (Å²) in [6.45, 7) is 1.97. The number of carbonyl (C=O) groups is 1. The van der Waals surface area contributed by atoms with E-state index in [1.54, 1.807) is 12.1 Å². The van der Waals surface area contributed by atoms with Gasteiger partial charge in [0, 0.05) is 17.1 Å². The van der Waals surface area contributed by atoms with E-state index < -0.39 is 5.56 Å². The molecule has 3 rings (SSSR count). The second-order valence-corrected chi connectivity index (χ2v) is 7.49. The van der Waals surface area contributed by atoms with Crippen molar-refractivity contribution in [2.24, 2.45) is 0 Å². The van der Waals surface area contributed by atoms with Gasteiger partial charge < -0.3 is 11.2 Å². The maximum Gasteiger partial charge on any atom is 0.294 e. The first-order chi connectivity index (χ1) is 13.4. The number of aryl methyl sites for hydroxylation is 1. The molecule has 0 atom stereocenters. The second-order valence-electron chi connectivity index (χ2n) is 6.11. The highest BCUT2D eigenvalue weighted by Crippen LogP contribution is 2.15. The molecule has 0 aliphatic carbocycles. The summed E-state index contributed by atoms with van der Waals surface area (Å²) in [6.07, 6.45) is 0.291. The molecule has 1 amide bonds. The Bertz CT molecular complexity index is 1040. The van der Waals surface area contributed by atoms with Gasteiger partial charge in [-0.2, -0.15) is 4.68 Å². The van der Waals surface area contributed by atoms with Crippen molar-refractivity contribution in [3.8, 4) is 0 Å². The van der Waals surface area contributed by atoms with Crippen LogP contribution in [0.1, 0.15) is 16.8 Å². The van der Waals surface area contributed by atoms with Gasteiger partial charge in [-0.15, -0.1) is 10.2 Å². The molecule has 2 aromatic carbocycles. The van der Waals surface area contributed by atoms with Gasteiger partial charge in [0.1, 0.15) is 5.69 Å². The van der Waals surface area contributed by atoms with Crippen molar-refractivity contribution in [1.82, 2.24) is 14.9 Å². The molecule has 0 spiro atoms. The van der Waals surface area contributed by atoms with Crippen LogP contribution in [0.3, 0.4) is 0 Å². The first-order valence-corrected chi connectivity index (χ1v) is 9.76. The van der Waals surface area contributed by atoms with E-state index in [2.05, 4.69) is 15.5 Å². The van der Waals surface area contributed by atoms with E-state index in [1.807, 2.05) is 43.3 Å². The van der Waals surface area contributed by atoms with Gasteiger partial charge in [-0.25, -0.2) is 0 Å². The normalized spacial score (nSPS) is 10.6. The number of hydrogen-bond acceptors (Lipinski definition) is 6. The summed E-state index contributed by atoms with van der Waals surface area (Å²) >= 11 is 6.90. The topological polar surface area (TPSA) is 103 Å². The van der Waals surface area contributed by atoms with Crippen LogP contribution in [0.5, 0.6) is 0 Å². The Morgan fingerprint density at radius 1 is 1.14 bits per heavy atom. The van der Waals surface area contributed by atoms with Crippen LogP contribution in [-0.4, -0.2) is 26.5 Å². The van der Waals surface area contributed by atoms with Gasteiger partial charge >= 0.3 is 0 Å². The van der Waals surface area contributed by atoms with Gasteiger partial charge in [-0.1, -0.05) is 53.2 Å². The minimum Gasteiger partial charge on any atom is -0.334 e. The van der Waals surface area contributed by atoms with Crippen LogP contribution in [-0.2, 0) is 11.2 Å². The molecule has 9 heteroatoms. The lowest BCUT2D eigenvalue weighted by Crippen LogP contribution is -2.34. The number of amides is 1. The van der Waals surface area contributed by atoms with E-state index in [1.165, 1.54) is 0 Å². The van der Waals surface area contributed by atoms with Gasteiger partial charge in [0.2, 0.25) is 11.1 Å². The van der Waals surface area contributed by atoms with E-state index in [9.17, 15) is 9.59 Å². The van der Waals surface area contributed by atoms with Crippen LogP contribution >= 0.6 is 23.4 Å². The van der Waals surface area contributed by atoms with Crippen molar-refractivity contribution in [3.05, 3.63) is 80.7 Å². The molecule has 1 heterocycles. The lowest BCUT2D eigenvalue weighted by Gasteiger charge is -2.08. The monoisotopic (exact) mass is 415 g/mol. The number of anilines is 1. The SMILES string of the molecule is Cc1ccc(NC(=O)CSc2nnc(Cc3ccc(Cl)cc3)c(=O)n2N)cc1. The van der Waals surface area contributed by atoms with Crippen LogP contribution in [0.15, 0.2) is 58.5 Å². The van der Waals surface area contributed by atoms with Crippen LogP contribution < -0.4 is 16.7 Å². The Morgan fingerprint density at radius 3 is 2.50 bits per heavy atom. The van der Waals surface area contributed by atoms with Gasteiger partial charge in [0.25, 0.3) is 5.56 Å². The minimum absolute atomic E-state index is 0.0513. The summed E-state index contributed by atoms with van der Waals surface area (Å²) in [7, 11) is 0. The molecule has 3 N–H and O–H groups in total. The predicted molar refractivity (Wildman–Crippen MR) is 111 cm³/mol. The zero-order valence-corrected chi connectivity index (χ0v) is 16.6. The van der Waals surface area contributed by atoms with Gasteiger partial charge in [0.05, 0.1) is 5.75 Å². The van der Waals surface area contributed by atoms with E-state index in [-0.39, 0.29) is 22.5 Å². The number of aromatic nitrogens is 3. The number of halogens is 1. The lowest BCUT2D eigenvalue weighted by molar-refractivity contribution is -0.113. The number of nitrogen functional groups attached to an aromatic ring is 1. The number of hydrogen-bond donors (Lipinski definition) is 2. The summed E-state index contributed by atoms with van der Waals surface area (Å²) in [6, 6.07) is 14.6. The summed E-state index contributed by atoms with van der Waals surface area (Å²) in [5.74, 6) is 5.67. The molecule has 28 heavy (non-hydrogen) atoms. The first-order valence-electron chi connectivity index (χ1n) is 8.40. The predicted octanol–water partition coefficient (Wildman–Crippen LogP) is 2.64. The number of rotatable bonds is 6. The molecule has 1 aromatic heterocycles. The molecular formula is C19H18ClN5O2S. The van der Waals surface area contributed by atoms with Gasteiger partial charge in [-0.3, -0.25) is 9.59 Å². The van der Waals surface area contributed by atoms with Gasteiger partial charge in [-0.05, 0) is 36.8 Å². The number of nitrogens with one attached hydrogen (secondary N) is 1. The highest BCUT2D eigenvalue weighted by molar-refractivity contribution is 7.99. The zero-order valence-electron chi connectivity index (χ0n) is 15.1. The molecule has 0 fully saturated rings. The minimum atomic E-state index is -0.452. The Labute approximate surface area is 170 Å². The number of thioether (sulfide) groups is 1. The zero-order chi connectivity index (χ0) is 20.1. The van der Waals surface area contributed by atoms with Gasteiger partial charge in [0.15, 0.2) is 0 Å². The summed E-state index contributed by atoms with van der Waals surface area (Å²) in [5, 5.41) is 11.5. The summed E-state index contributed by atoms with van der Waals surface area (Å²) in [5.41, 5.74) is 2.44. The lowest BCUT2D eigenvalue weighted by atomic mass is 10.1. The molecule has 0 bridgehead atoms. The summed E-state index contributed by atoms with van der Waals surface area (Å²) < 4.78 is 0.919. The highest BCUT2D eigenvalue weighted by atomic mass is 35.5. The Morgan fingerprint density at radius 2 is 1.82 bits per heavy atom. The van der Waals surface area contributed by atoms with Crippen molar-refractivity contribution in [1.29, 1.82) is 0 Å². The molecule has 0 saturated carbocycles. The number of nitrogens with zero attached hydrogens (tertiary/aromatic N) is 3. The molecule has 144 valence electrons. The maximum atomic E-state index is 12.4. The molecular weight excluding hydrogens is 398 g/mol. The molecule has 7 nitrogen and oxygen atoms in total. The molecule has 0 unspecified atom stereocenters. The molecule has 0 radical (unpaired) electrons.